The molecule has 0 aromatic heterocycles. The van der Waals surface area contributed by atoms with Crippen LogP contribution in [0.15, 0.2) is 0 Å². The monoisotopic (exact) mass is 390 g/mol. The highest BCUT2D eigenvalue weighted by Gasteiger charge is 2.24. The van der Waals surface area contributed by atoms with Gasteiger partial charge in [0.2, 0.25) is 17.7 Å². The molecule has 6 N–H and O–H groups in total. The van der Waals surface area contributed by atoms with Gasteiger partial charge in [-0.05, 0) is 37.7 Å². The van der Waals surface area contributed by atoms with Gasteiger partial charge in [-0.1, -0.05) is 13.8 Å². The van der Waals surface area contributed by atoms with Crippen molar-refractivity contribution in [3.8, 4) is 0 Å². The third-order valence-corrected chi connectivity index (χ3v) is 4.06. The highest BCUT2D eigenvalue weighted by molar-refractivity contribution is 7.98. The molecule has 0 saturated carbocycles. The summed E-state index contributed by atoms with van der Waals surface area (Å²) in [6.07, 6.45) is 2.51. The van der Waals surface area contributed by atoms with E-state index in [2.05, 4.69) is 16.0 Å². The van der Waals surface area contributed by atoms with E-state index in [1.807, 2.05) is 20.1 Å². The van der Waals surface area contributed by atoms with Gasteiger partial charge in [0, 0.05) is 0 Å². The fourth-order valence-electron chi connectivity index (χ4n) is 2.04. The summed E-state index contributed by atoms with van der Waals surface area (Å²) in [6.45, 7) is 4.93. The van der Waals surface area contributed by atoms with Gasteiger partial charge in [-0.2, -0.15) is 11.8 Å². The zero-order valence-corrected chi connectivity index (χ0v) is 16.5. The summed E-state index contributed by atoms with van der Waals surface area (Å²) in [5.41, 5.74) is 5.50. The first-order chi connectivity index (χ1) is 12.1. The normalized spacial score (nSPS) is 14.2. The largest absolute Gasteiger partial charge is 0.480 e. The third kappa shape index (κ3) is 10.2. The van der Waals surface area contributed by atoms with Crippen LogP contribution >= 0.6 is 11.8 Å². The number of nitrogens with one attached hydrogen (secondary N) is 3. The zero-order chi connectivity index (χ0) is 20.3. The maximum atomic E-state index is 12.3. The Labute approximate surface area is 158 Å². The molecular formula is C16H30N4O5S. The molecule has 0 aromatic carbocycles. The molecule has 0 radical (unpaired) electrons. The molecule has 0 aliphatic carbocycles. The molecule has 3 unspecified atom stereocenters. The molecule has 0 fully saturated rings. The average Bonchev–Trinajstić information content (AvgIpc) is 2.54. The summed E-state index contributed by atoms with van der Waals surface area (Å²) in [6, 6.07) is -2.57. The first-order valence-electron chi connectivity index (χ1n) is 8.43. The van der Waals surface area contributed by atoms with Gasteiger partial charge >= 0.3 is 5.97 Å². The van der Waals surface area contributed by atoms with E-state index in [1.54, 1.807) is 0 Å². The Bertz CT molecular complexity index is 499. The number of amides is 3. The maximum absolute atomic E-state index is 12.3. The van der Waals surface area contributed by atoms with E-state index in [0.29, 0.717) is 12.2 Å². The Balaban J connectivity index is 4.65. The first kappa shape index (κ1) is 24.2. The lowest BCUT2D eigenvalue weighted by Gasteiger charge is -2.21. The van der Waals surface area contributed by atoms with E-state index in [4.69, 9.17) is 10.8 Å². The minimum absolute atomic E-state index is 0.135. The Hall–Kier alpha value is -1.81. The van der Waals surface area contributed by atoms with Crippen molar-refractivity contribution in [3.63, 3.8) is 0 Å². The molecule has 0 rings (SSSR count). The van der Waals surface area contributed by atoms with Crippen LogP contribution in [0, 0.1) is 5.92 Å². The number of rotatable bonds is 12. The molecule has 3 amide bonds. The van der Waals surface area contributed by atoms with E-state index >= 15 is 0 Å². The van der Waals surface area contributed by atoms with Gasteiger partial charge in [-0.15, -0.1) is 0 Å². The van der Waals surface area contributed by atoms with E-state index in [0.717, 1.165) is 0 Å². The average molecular weight is 391 g/mol. The maximum Gasteiger partial charge on any atom is 0.326 e. The fraction of sp³-hybridized carbons (Fsp3) is 0.750. The molecular weight excluding hydrogens is 360 g/mol. The van der Waals surface area contributed by atoms with Gasteiger partial charge < -0.3 is 26.8 Å². The third-order valence-electron chi connectivity index (χ3n) is 3.42. The van der Waals surface area contributed by atoms with Crippen LogP contribution in [0.5, 0.6) is 0 Å². The predicted octanol–water partition coefficient (Wildman–Crippen LogP) is -0.697. The Morgan fingerprint density at radius 1 is 1.04 bits per heavy atom. The number of carboxylic acid groups (broad SMARTS) is 1. The molecule has 0 aliphatic rings. The number of thioether (sulfide) groups is 1. The van der Waals surface area contributed by atoms with Gasteiger partial charge in [-0.25, -0.2) is 4.79 Å². The van der Waals surface area contributed by atoms with E-state index in [-0.39, 0.29) is 18.9 Å². The minimum atomic E-state index is -1.12. The van der Waals surface area contributed by atoms with Crippen LogP contribution in [-0.2, 0) is 19.2 Å². The van der Waals surface area contributed by atoms with Crippen LogP contribution in [0.4, 0.5) is 0 Å². The van der Waals surface area contributed by atoms with Crippen molar-refractivity contribution in [2.75, 3.05) is 18.6 Å². The van der Waals surface area contributed by atoms with Crippen LogP contribution in [0.25, 0.3) is 0 Å². The molecule has 9 nitrogen and oxygen atoms in total. The Morgan fingerprint density at radius 2 is 1.65 bits per heavy atom. The van der Waals surface area contributed by atoms with Crippen molar-refractivity contribution in [3.05, 3.63) is 0 Å². The van der Waals surface area contributed by atoms with Gasteiger partial charge in [0.15, 0.2) is 0 Å². The number of carboxylic acids is 1. The SMILES string of the molecule is CSCCC(NC(=O)CNC(=O)C(CC(C)C)NC(=O)C(C)N)C(=O)O. The first-order valence-corrected chi connectivity index (χ1v) is 9.82. The smallest absolute Gasteiger partial charge is 0.326 e. The number of carbonyl (C=O) groups excluding carboxylic acids is 3. The van der Waals surface area contributed by atoms with Crippen LogP contribution in [0.1, 0.15) is 33.6 Å². The van der Waals surface area contributed by atoms with E-state index in [9.17, 15) is 19.2 Å². The lowest BCUT2D eigenvalue weighted by atomic mass is 10.0. The van der Waals surface area contributed by atoms with Crippen molar-refractivity contribution in [1.82, 2.24) is 16.0 Å². The molecule has 0 aromatic rings. The van der Waals surface area contributed by atoms with Gasteiger partial charge in [0.1, 0.15) is 12.1 Å². The number of hydrogen-bond acceptors (Lipinski definition) is 6. The number of nitrogens with two attached hydrogens (primary N) is 1. The molecule has 3 atom stereocenters. The van der Waals surface area contributed by atoms with Gasteiger partial charge in [0.05, 0.1) is 12.6 Å². The summed E-state index contributed by atoms with van der Waals surface area (Å²) < 4.78 is 0. The number of carbonyl (C=O) groups is 4. The number of aliphatic carboxylic acids is 1. The molecule has 0 heterocycles. The van der Waals surface area contributed by atoms with Crippen LogP contribution in [0.2, 0.25) is 0 Å². The standard InChI is InChI=1S/C16H30N4O5S/c1-9(2)7-12(20-14(22)10(3)17)15(23)18-8-13(21)19-11(16(24)25)5-6-26-4/h9-12H,5-8,17H2,1-4H3,(H,18,23)(H,19,21)(H,20,22)(H,24,25). The van der Waals surface area contributed by atoms with E-state index < -0.39 is 41.8 Å². The second kappa shape index (κ2) is 12.5. The summed E-state index contributed by atoms with van der Waals surface area (Å²) in [7, 11) is 0. The zero-order valence-electron chi connectivity index (χ0n) is 15.7. The van der Waals surface area contributed by atoms with Gasteiger partial charge in [-0.3, -0.25) is 14.4 Å². The Kier molecular flexibility index (Phi) is 11.7. The second-order valence-corrected chi connectivity index (χ2v) is 7.42. The summed E-state index contributed by atoms with van der Waals surface area (Å²) in [5, 5.41) is 16.4. The molecule has 0 spiro atoms. The van der Waals surface area contributed by atoms with E-state index in [1.165, 1.54) is 18.7 Å². The van der Waals surface area contributed by atoms with Crippen molar-refractivity contribution in [2.45, 2.75) is 51.7 Å². The van der Waals surface area contributed by atoms with Crippen molar-refractivity contribution in [1.29, 1.82) is 0 Å². The predicted molar refractivity (Wildman–Crippen MR) is 101 cm³/mol. The van der Waals surface area contributed by atoms with Crippen LogP contribution in [-0.4, -0.2) is 65.5 Å². The molecule has 10 heteroatoms. The van der Waals surface area contributed by atoms with Gasteiger partial charge in [0.25, 0.3) is 0 Å². The highest BCUT2D eigenvalue weighted by atomic mass is 32.2. The Morgan fingerprint density at radius 3 is 2.12 bits per heavy atom. The van der Waals surface area contributed by atoms with Crippen molar-refractivity contribution in [2.24, 2.45) is 11.7 Å². The summed E-state index contributed by atoms with van der Waals surface area (Å²) >= 11 is 1.48. The lowest BCUT2D eigenvalue weighted by molar-refractivity contribution is -0.141. The van der Waals surface area contributed by atoms with Crippen molar-refractivity contribution < 1.29 is 24.3 Å². The minimum Gasteiger partial charge on any atom is -0.480 e. The highest BCUT2D eigenvalue weighted by Crippen LogP contribution is 2.05. The van der Waals surface area contributed by atoms with Crippen molar-refractivity contribution >= 4 is 35.5 Å². The topological polar surface area (TPSA) is 151 Å². The molecule has 0 bridgehead atoms. The summed E-state index contributed by atoms with van der Waals surface area (Å²) in [4.78, 5) is 47.0. The fourth-order valence-corrected chi connectivity index (χ4v) is 2.51. The van der Waals surface area contributed by atoms with Crippen LogP contribution < -0.4 is 21.7 Å². The second-order valence-electron chi connectivity index (χ2n) is 6.44. The molecule has 150 valence electrons. The van der Waals surface area contributed by atoms with Crippen LogP contribution in [0.3, 0.4) is 0 Å². The molecule has 26 heavy (non-hydrogen) atoms. The quantitative estimate of drug-likeness (QED) is 0.296. The number of hydrogen-bond donors (Lipinski definition) is 5. The molecule has 0 saturated heterocycles. The molecule has 0 aliphatic heterocycles. The lowest BCUT2D eigenvalue weighted by Crippen LogP contribution is -2.53. The summed E-state index contributed by atoms with van der Waals surface area (Å²) in [5.74, 6) is -1.98.